The van der Waals surface area contributed by atoms with Crippen molar-refractivity contribution >= 4 is 94.2 Å². The second-order valence-electron chi connectivity index (χ2n) is 18.4. The van der Waals surface area contributed by atoms with Crippen molar-refractivity contribution in [3.05, 3.63) is 273 Å². The molecule has 14 rings (SSSR count). The number of nitrogens with zero attached hydrogens (tertiary/aromatic N) is 3. The van der Waals surface area contributed by atoms with E-state index < -0.39 is 8.07 Å². The zero-order valence-corrected chi connectivity index (χ0v) is 39.3. The molecule has 4 heteroatoms. The van der Waals surface area contributed by atoms with Gasteiger partial charge in [-0.15, -0.1) is 0 Å². The molecule has 0 amide bonds. The average Bonchev–Trinajstić information content (AvgIpc) is 4.08. The normalized spacial score (nSPS) is 12.0. The molecule has 0 aliphatic rings. The number of hydrogen-bond donors (Lipinski definition) is 0. The summed E-state index contributed by atoms with van der Waals surface area (Å²) in [5.74, 6) is 0. The second kappa shape index (κ2) is 16.1. The van der Waals surface area contributed by atoms with Gasteiger partial charge in [-0.1, -0.05) is 224 Å². The highest BCUT2D eigenvalue weighted by Gasteiger charge is 2.41. The number of hydrogen-bond acceptors (Lipinski definition) is 0. The molecular weight excluding hydrogens is 863 g/mol. The third-order valence-electron chi connectivity index (χ3n) is 14.8. The van der Waals surface area contributed by atoms with Crippen molar-refractivity contribution in [2.45, 2.75) is 0 Å². The minimum absolute atomic E-state index is 1.12. The minimum atomic E-state index is -2.81. The average molecular weight is 908 g/mol. The first-order valence-corrected chi connectivity index (χ1v) is 26.2. The lowest BCUT2D eigenvalue weighted by Gasteiger charge is -2.34. The SMILES string of the molecule is c1ccc(-c2ccccc2-n2c3cc(-n4c5ccccc5c5ccccc54)ccc3c3cccc(-n4c5ccccc5c5cc([Si](c6ccccc6)(c6ccccc6)c6ccccc6)ccc54)c32)cc1. The van der Waals surface area contributed by atoms with E-state index in [1.807, 2.05) is 0 Å². The van der Waals surface area contributed by atoms with Gasteiger partial charge in [-0.2, -0.15) is 0 Å². The first-order chi connectivity index (χ1) is 34.8. The van der Waals surface area contributed by atoms with Gasteiger partial charge in [-0.05, 0) is 74.8 Å². The fourth-order valence-electron chi connectivity index (χ4n) is 11.9. The van der Waals surface area contributed by atoms with E-state index >= 15 is 0 Å². The Labute approximate surface area is 407 Å². The fraction of sp³-hybridized carbons (Fsp3) is 0. The largest absolute Gasteiger partial charge is 0.309 e. The smallest absolute Gasteiger partial charge is 0.179 e. The molecule has 70 heavy (non-hydrogen) atoms. The number of para-hydroxylation sites is 5. The molecule has 3 heterocycles. The predicted octanol–water partition coefficient (Wildman–Crippen LogP) is 14.0. The summed E-state index contributed by atoms with van der Waals surface area (Å²) >= 11 is 0. The topological polar surface area (TPSA) is 14.8 Å². The van der Waals surface area contributed by atoms with Gasteiger partial charge in [0.2, 0.25) is 0 Å². The summed E-state index contributed by atoms with van der Waals surface area (Å²) < 4.78 is 7.51. The maximum atomic E-state index is 2.55. The van der Waals surface area contributed by atoms with Crippen LogP contribution in [0.2, 0.25) is 0 Å². The Hall–Kier alpha value is -8.96. The van der Waals surface area contributed by atoms with Crippen LogP contribution in [-0.2, 0) is 0 Å². The predicted molar refractivity (Wildman–Crippen MR) is 299 cm³/mol. The van der Waals surface area contributed by atoms with Crippen LogP contribution in [0.5, 0.6) is 0 Å². The van der Waals surface area contributed by atoms with Crippen molar-refractivity contribution in [1.29, 1.82) is 0 Å². The lowest BCUT2D eigenvalue weighted by Crippen LogP contribution is -2.74. The van der Waals surface area contributed by atoms with Crippen LogP contribution >= 0.6 is 0 Å². The molecule has 0 aliphatic heterocycles. The molecule has 3 nitrogen and oxygen atoms in total. The summed E-state index contributed by atoms with van der Waals surface area (Å²) in [5, 5.41) is 12.8. The Morgan fingerprint density at radius 1 is 0.243 bits per heavy atom. The van der Waals surface area contributed by atoms with Gasteiger partial charge < -0.3 is 13.7 Å². The molecule has 0 bridgehead atoms. The van der Waals surface area contributed by atoms with E-state index in [9.17, 15) is 0 Å². The van der Waals surface area contributed by atoms with Gasteiger partial charge in [0.1, 0.15) is 0 Å². The van der Waals surface area contributed by atoms with Crippen LogP contribution in [-0.4, -0.2) is 21.8 Å². The fourth-order valence-corrected chi connectivity index (χ4v) is 16.6. The van der Waals surface area contributed by atoms with E-state index in [1.165, 1.54) is 86.3 Å². The second-order valence-corrected chi connectivity index (χ2v) is 22.2. The summed E-state index contributed by atoms with van der Waals surface area (Å²) in [6, 6.07) is 101. The van der Waals surface area contributed by atoms with Crippen LogP contribution in [0.1, 0.15) is 0 Å². The van der Waals surface area contributed by atoms with Crippen molar-refractivity contribution in [3.8, 4) is 28.2 Å². The molecule has 0 N–H and O–H groups in total. The van der Waals surface area contributed by atoms with Gasteiger partial charge in [0.15, 0.2) is 8.07 Å². The van der Waals surface area contributed by atoms with Gasteiger partial charge >= 0.3 is 0 Å². The first-order valence-electron chi connectivity index (χ1n) is 24.2. The van der Waals surface area contributed by atoms with Crippen LogP contribution < -0.4 is 20.7 Å². The van der Waals surface area contributed by atoms with Gasteiger partial charge in [0.25, 0.3) is 0 Å². The Balaban J connectivity index is 1.08. The van der Waals surface area contributed by atoms with E-state index in [0.717, 1.165) is 28.1 Å². The molecule has 11 aromatic carbocycles. The first kappa shape index (κ1) is 40.1. The van der Waals surface area contributed by atoms with E-state index in [4.69, 9.17) is 0 Å². The molecule has 0 radical (unpaired) electrons. The summed E-state index contributed by atoms with van der Waals surface area (Å²) in [6.07, 6.45) is 0. The zero-order valence-electron chi connectivity index (χ0n) is 38.3. The van der Waals surface area contributed by atoms with Crippen molar-refractivity contribution in [1.82, 2.24) is 13.7 Å². The minimum Gasteiger partial charge on any atom is -0.309 e. The molecule has 3 aromatic heterocycles. The van der Waals surface area contributed by atoms with Crippen LogP contribution in [0.3, 0.4) is 0 Å². The molecule has 0 unspecified atom stereocenters. The molecule has 0 spiro atoms. The number of rotatable bonds is 8. The Morgan fingerprint density at radius 3 is 1.31 bits per heavy atom. The standard InChI is InChI=1S/C66H45N3Si/c1-5-22-46(23-6-1)52-30-13-17-35-59(52)69-65-44-47(67-60-36-18-14-31-53(60)54-32-15-19-37-61(54)67)40-42-56(65)57-34-21-39-64(66(57)69)68-62-38-20-16-33-55(62)58-45-51(41-43-63(58)68)70(48-24-7-2-8-25-48,49-26-9-3-10-27-49)50-28-11-4-12-29-50/h1-45H. The Bertz CT molecular complexity index is 4130. The van der Waals surface area contributed by atoms with Gasteiger partial charge in [-0.3, -0.25) is 0 Å². The quantitative estimate of drug-likeness (QED) is 0.107. The molecule has 0 saturated heterocycles. The van der Waals surface area contributed by atoms with Crippen LogP contribution in [0.4, 0.5) is 0 Å². The van der Waals surface area contributed by atoms with Crippen LogP contribution in [0.25, 0.3) is 93.6 Å². The van der Waals surface area contributed by atoms with E-state index in [1.54, 1.807) is 0 Å². The number of benzene rings is 11. The van der Waals surface area contributed by atoms with Gasteiger partial charge in [-0.25, -0.2) is 0 Å². The van der Waals surface area contributed by atoms with E-state index in [2.05, 4.69) is 287 Å². The molecular formula is C66H45N3Si. The highest BCUT2D eigenvalue weighted by Crippen LogP contribution is 2.43. The van der Waals surface area contributed by atoms with E-state index in [-0.39, 0.29) is 0 Å². The highest BCUT2D eigenvalue weighted by atomic mass is 28.3. The van der Waals surface area contributed by atoms with Crippen LogP contribution in [0, 0.1) is 0 Å². The lowest BCUT2D eigenvalue weighted by molar-refractivity contribution is 1.12. The number of fused-ring (bicyclic) bond motifs is 9. The maximum Gasteiger partial charge on any atom is 0.179 e. The lowest BCUT2D eigenvalue weighted by atomic mass is 10.0. The third-order valence-corrected chi connectivity index (χ3v) is 19.6. The van der Waals surface area contributed by atoms with Crippen molar-refractivity contribution in [3.63, 3.8) is 0 Å². The molecule has 0 saturated carbocycles. The Kier molecular flexibility index (Phi) is 9.23. The summed E-state index contributed by atoms with van der Waals surface area (Å²) in [7, 11) is -2.81. The van der Waals surface area contributed by atoms with Gasteiger partial charge in [0, 0.05) is 43.6 Å². The van der Waals surface area contributed by atoms with Crippen molar-refractivity contribution in [2.75, 3.05) is 0 Å². The maximum absolute atomic E-state index is 2.81. The molecule has 14 aromatic rings. The molecule has 328 valence electrons. The summed E-state index contributed by atoms with van der Waals surface area (Å²) in [6.45, 7) is 0. The molecule has 0 aliphatic carbocycles. The monoisotopic (exact) mass is 907 g/mol. The molecule has 0 fully saturated rings. The summed E-state index contributed by atoms with van der Waals surface area (Å²) in [4.78, 5) is 0. The zero-order chi connectivity index (χ0) is 46.2. The third kappa shape index (κ3) is 5.94. The molecule has 0 atom stereocenters. The van der Waals surface area contributed by atoms with Crippen LogP contribution in [0.15, 0.2) is 273 Å². The number of aromatic nitrogens is 3. The van der Waals surface area contributed by atoms with E-state index in [0.29, 0.717) is 0 Å². The van der Waals surface area contributed by atoms with Gasteiger partial charge in [0.05, 0.1) is 44.5 Å². The van der Waals surface area contributed by atoms with Crippen molar-refractivity contribution in [2.24, 2.45) is 0 Å². The highest BCUT2D eigenvalue weighted by molar-refractivity contribution is 7.20. The summed E-state index contributed by atoms with van der Waals surface area (Å²) in [5.41, 5.74) is 12.8. The van der Waals surface area contributed by atoms with Crippen molar-refractivity contribution < 1.29 is 0 Å². The Morgan fingerprint density at radius 2 is 0.700 bits per heavy atom.